The Hall–Kier alpha value is -2.99. The van der Waals surface area contributed by atoms with Crippen molar-refractivity contribution in [3.63, 3.8) is 0 Å². The van der Waals surface area contributed by atoms with Crippen molar-refractivity contribution in [1.29, 1.82) is 0 Å². The predicted molar refractivity (Wildman–Crippen MR) is 110 cm³/mol. The Kier molecular flexibility index (Phi) is 5.45. The van der Waals surface area contributed by atoms with Gasteiger partial charge in [0, 0.05) is 35.7 Å². The molecule has 0 radical (unpaired) electrons. The molecule has 1 saturated heterocycles. The fourth-order valence-electron chi connectivity index (χ4n) is 3.62. The van der Waals surface area contributed by atoms with Gasteiger partial charge in [0.05, 0.1) is 16.6 Å². The van der Waals surface area contributed by atoms with Crippen LogP contribution in [0.2, 0.25) is 5.02 Å². The van der Waals surface area contributed by atoms with E-state index in [-0.39, 0.29) is 23.4 Å². The Morgan fingerprint density at radius 2 is 1.83 bits per heavy atom. The van der Waals surface area contributed by atoms with Gasteiger partial charge in [-0.2, -0.15) is 0 Å². The molecule has 7 heteroatoms. The number of halogens is 2. The minimum absolute atomic E-state index is 0.0754. The molecule has 2 heterocycles. The average molecular weight is 412 g/mol. The van der Waals surface area contributed by atoms with Crippen molar-refractivity contribution in [2.24, 2.45) is 0 Å². The topological polar surface area (TPSA) is 62.3 Å². The van der Waals surface area contributed by atoms with E-state index >= 15 is 0 Å². The molecule has 1 aromatic heterocycles. The highest BCUT2D eigenvalue weighted by Gasteiger charge is 2.26. The molecule has 2 amide bonds. The number of rotatable bonds is 3. The van der Waals surface area contributed by atoms with E-state index in [0.29, 0.717) is 42.0 Å². The van der Waals surface area contributed by atoms with Crippen molar-refractivity contribution >= 4 is 34.3 Å². The summed E-state index contributed by atoms with van der Waals surface area (Å²) in [6.45, 7) is 0.902. The van der Waals surface area contributed by atoms with Crippen molar-refractivity contribution in [3.8, 4) is 0 Å². The van der Waals surface area contributed by atoms with Crippen LogP contribution in [0.25, 0.3) is 10.9 Å². The van der Waals surface area contributed by atoms with Crippen LogP contribution < -0.4 is 5.32 Å². The highest BCUT2D eigenvalue weighted by Crippen LogP contribution is 2.23. The zero-order valence-corrected chi connectivity index (χ0v) is 16.3. The first kappa shape index (κ1) is 19.3. The van der Waals surface area contributed by atoms with Crippen LogP contribution in [0.4, 0.5) is 4.39 Å². The largest absolute Gasteiger partial charge is 0.349 e. The third-order valence-electron chi connectivity index (χ3n) is 5.14. The van der Waals surface area contributed by atoms with Gasteiger partial charge in [-0.25, -0.2) is 4.39 Å². The molecule has 1 N–H and O–H groups in total. The van der Waals surface area contributed by atoms with Gasteiger partial charge in [0.1, 0.15) is 5.82 Å². The molecule has 0 unspecified atom stereocenters. The van der Waals surface area contributed by atoms with Crippen molar-refractivity contribution in [2.75, 3.05) is 13.1 Å². The summed E-state index contributed by atoms with van der Waals surface area (Å²) in [5.74, 6) is -1.08. The second-order valence-corrected chi connectivity index (χ2v) is 7.48. The van der Waals surface area contributed by atoms with E-state index in [2.05, 4.69) is 10.3 Å². The molecule has 0 aliphatic carbocycles. The van der Waals surface area contributed by atoms with E-state index < -0.39 is 5.82 Å². The quantitative estimate of drug-likeness (QED) is 0.706. The lowest BCUT2D eigenvalue weighted by molar-refractivity contribution is 0.0694. The summed E-state index contributed by atoms with van der Waals surface area (Å²) in [4.78, 5) is 31.3. The summed E-state index contributed by atoms with van der Waals surface area (Å²) in [7, 11) is 0. The summed E-state index contributed by atoms with van der Waals surface area (Å²) in [5.41, 5.74) is 1.10. The van der Waals surface area contributed by atoms with Crippen molar-refractivity contribution in [1.82, 2.24) is 15.2 Å². The summed E-state index contributed by atoms with van der Waals surface area (Å²) in [5, 5.41) is 4.29. The number of carbonyl (C=O) groups excluding carboxylic acids is 2. The molecule has 0 atom stereocenters. The maximum Gasteiger partial charge on any atom is 0.256 e. The van der Waals surface area contributed by atoms with Gasteiger partial charge < -0.3 is 10.2 Å². The average Bonchev–Trinajstić information content (AvgIpc) is 2.73. The van der Waals surface area contributed by atoms with Crippen LogP contribution in [0.5, 0.6) is 0 Å². The maximum absolute atomic E-state index is 13.9. The Morgan fingerprint density at radius 3 is 2.59 bits per heavy atom. The number of likely N-dealkylation sites (tertiary alicyclic amines) is 1. The number of carbonyl (C=O) groups is 2. The first-order valence-electron chi connectivity index (χ1n) is 9.42. The fourth-order valence-corrected chi connectivity index (χ4v) is 3.85. The number of nitrogens with one attached hydrogen (secondary N) is 1. The first-order valence-corrected chi connectivity index (χ1v) is 9.79. The lowest BCUT2D eigenvalue weighted by Gasteiger charge is -2.32. The van der Waals surface area contributed by atoms with Gasteiger partial charge in [0.2, 0.25) is 0 Å². The molecular weight excluding hydrogens is 393 g/mol. The van der Waals surface area contributed by atoms with Crippen LogP contribution in [0.3, 0.4) is 0 Å². The molecule has 29 heavy (non-hydrogen) atoms. The molecule has 1 aliphatic rings. The number of amides is 2. The third kappa shape index (κ3) is 4.07. The van der Waals surface area contributed by atoms with Gasteiger partial charge in [-0.15, -0.1) is 0 Å². The number of aromatic nitrogens is 1. The van der Waals surface area contributed by atoms with E-state index in [0.717, 1.165) is 5.39 Å². The van der Waals surface area contributed by atoms with Crippen LogP contribution in [0.15, 0.2) is 54.7 Å². The third-order valence-corrected chi connectivity index (χ3v) is 5.35. The predicted octanol–water partition coefficient (Wildman–Crippen LogP) is 4.06. The molecule has 4 rings (SSSR count). The number of pyridine rings is 1. The maximum atomic E-state index is 13.9. The van der Waals surface area contributed by atoms with Crippen LogP contribution in [0, 0.1) is 5.82 Å². The van der Waals surface area contributed by atoms with Gasteiger partial charge >= 0.3 is 0 Å². The van der Waals surface area contributed by atoms with Crippen molar-refractivity contribution < 1.29 is 14.0 Å². The molecule has 3 aromatic rings. The van der Waals surface area contributed by atoms with Gasteiger partial charge in [0.15, 0.2) is 0 Å². The Labute approximate surface area is 172 Å². The number of benzene rings is 2. The van der Waals surface area contributed by atoms with E-state index in [9.17, 15) is 14.0 Å². The number of nitrogens with zero attached hydrogens (tertiary/aromatic N) is 2. The number of fused-ring (bicyclic) bond motifs is 1. The second-order valence-electron chi connectivity index (χ2n) is 7.05. The monoisotopic (exact) mass is 411 g/mol. The second kappa shape index (κ2) is 8.17. The Balaban J connectivity index is 1.42. The molecule has 0 saturated carbocycles. The van der Waals surface area contributed by atoms with Crippen LogP contribution >= 0.6 is 11.6 Å². The molecular formula is C22H19ClFN3O2. The highest BCUT2D eigenvalue weighted by atomic mass is 35.5. The summed E-state index contributed by atoms with van der Waals surface area (Å²) < 4.78 is 13.9. The smallest absolute Gasteiger partial charge is 0.256 e. The molecule has 2 aromatic carbocycles. The molecule has 1 fully saturated rings. The normalized spacial score (nSPS) is 14.8. The summed E-state index contributed by atoms with van der Waals surface area (Å²) >= 11 is 6.15. The van der Waals surface area contributed by atoms with E-state index in [1.807, 2.05) is 6.07 Å². The number of hydrogen-bond acceptors (Lipinski definition) is 3. The number of piperidine rings is 1. The lowest BCUT2D eigenvalue weighted by Crippen LogP contribution is -2.46. The van der Waals surface area contributed by atoms with Crippen LogP contribution in [-0.2, 0) is 0 Å². The Morgan fingerprint density at radius 1 is 1.07 bits per heavy atom. The van der Waals surface area contributed by atoms with Gasteiger partial charge in [-0.05, 0) is 43.2 Å². The van der Waals surface area contributed by atoms with E-state index in [1.165, 1.54) is 12.1 Å². The minimum atomic E-state index is -0.520. The molecule has 1 aliphatic heterocycles. The van der Waals surface area contributed by atoms with Gasteiger partial charge in [0.25, 0.3) is 11.8 Å². The SMILES string of the molecule is O=C(NC1CCN(C(=O)c2ccccc2F)CC1)c1cc(Cl)cc2cccnc12. The van der Waals surface area contributed by atoms with Gasteiger partial charge in [-0.3, -0.25) is 14.6 Å². The molecule has 5 nitrogen and oxygen atoms in total. The van der Waals surface area contributed by atoms with Gasteiger partial charge in [-0.1, -0.05) is 29.8 Å². The number of hydrogen-bond donors (Lipinski definition) is 1. The minimum Gasteiger partial charge on any atom is -0.349 e. The zero-order valence-electron chi connectivity index (χ0n) is 15.6. The fraction of sp³-hybridized carbons (Fsp3) is 0.227. The van der Waals surface area contributed by atoms with Crippen LogP contribution in [-0.4, -0.2) is 40.8 Å². The molecule has 148 valence electrons. The Bertz CT molecular complexity index is 1080. The summed E-state index contributed by atoms with van der Waals surface area (Å²) in [6, 6.07) is 12.9. The lowest BCUT2D eigenvalue weighted by atomic mass is 10.0. The van der Waals surface area contributed by atoms with E-state index in [4.69, 9.17) is 11.6 Å². The van der Waals surface area contributed by atoms with Crippen LogP contribution in [0.1, 0.15) is 33.6 Å². The van der Waals surface area contributed by atoms with Crippen molar-refractivity contribution in [2.45, 2.75) is 18.9 Å². The standard InChI is InChI=1S/C22H19ClFN3O2/c23-15-12-14-4-3-9-25-20(14)18(13-15)21(28)26-16-7-10-27(11-8-16)22(29)17-5-1-2-6-19(17)24/h1-6,9,12-13,16H,7-8,10-11H2,(H,26,28). The summed E-state index contributed by atoms with van der Waals surface area (Å²) in [6.07, 6.45) is 2.83. The van der Waals surface area contributed by atoms with E-state index in [1.54, 1.807) is 41.4 Å². The molecule has 0 bridgehead atoms. The zero-order chi connectivity index (χ0) is 20.4. The first-order chi connectivity index (χ1) is 14.0. The molecule has 0 spiro atoms. The van der Waals surface area contributed by atoms with Crippen molar-refractivity contribution in [3.05, 3.63) is 76.7 Å². The highest BCUT2D eigenvalue weighted by molar-refractivity contribution is 6.32.